The highest BCUT2D eigenvalue weighted by Crippen LogP contribution is 2.16. The Kier molecular flexibility index (Phi) is 4.31. The third-order valence-electron chi connectivity index (χ3n) is 2.74. The Morgan fingerprint density at radius 1 is 1.42 bits per heavy atom. The average molecular weight is 278 g/mol. The standard InChI is InChI=1S/C13H18N4OS/c1-4-9-5-6-10(19-9)7-14-13(18)12-15-11(8(2)3)16-17-12/h5-6,8H,4,7H2,1-3H3,(H,14,18)(H,15,16,17). The first-order chi connectivity index (χ1) is 9.10. The highest BCUT2D eigenvalue weighted by molar-refractivity contribution is 7.11. The number of nitrogens with one attached hydrogen (secondary N) is 2. The van der Waals surface area contributed by atoms with Crippen LogP contribution >= 0.6 is 11.3 Å². The van der Waals surface area contributed by atoms with Crippen LogP contribution < -0.4 is 5.32 Å². The number of aryl methyl sites for hydroxylation is 1. The van der Waals surface area contributed by atoms with E-state index in [2.05, 4.69) is 33.5 Å². The molecule has 2 aromatic rings. The Hall–Kier alpha value is -1.69. The number of aromatic nitrogens is 3. The number of hydrogen-bond acceptors (Lipinski definition) is 4. The first-order valence-corrected chi connectivity index (χ1v) is 7.20. The predicted octanol–water partition coefficient (Wildman–Crippen LogP) is 2.48. The van der Waals surface area contributed by atoms with Crippen molar-refractivity contribution in [3.63, 3.8) is 0 Å². The second kappa shape index (κ2) is 5.97. The lowest BCUT2D eigenvalue weighted by atomic mass is 10.2. The van der Waals surface area contributed by atoms with Gasteiger partial charge in [0.25, 0.3) is 5.91 Å². The van der Waals surface area contributed by atoms with Gasteiger partial charge in [0.2, 0.25) is 5.82 Å². The van der Waals surface area contributed by atoms with Crippen molar-refractivity contribution >= 4 is 17.2 Å². The van der Waals surface area contributed by atoms with Gasteiger partial charge in [0, 0.05) is 15.7 Å². The number of hydrogen-bond donors (Lipinski definition) is 2. The van der Waals surface area contributed by atoms with E-state index >= 15 is 0 Å². The van der Waals surface area contributed by atoms with Crippen molar-refractivity contribution in [2.75, 3.05) is 0 Å². The molecule has 0 aliphatic rings. The molecule has 0 aromatic carbocycles. The lowest BCUT2D eigenvalue weighted by molar-refractivity contribution is 0.0941. The largest absolute Gasteiger partial charge is 0.344 e. The van der Waals surface area contributed by atoms with Gasteiger partial charge in [0.1, 0.15) is 5.82 Å². The van der Waals surface area contributed by atoms with E-state index in [0.29, 0.717) is 6.54 Å². The summed E-state index contributed by atoms with van der Waals surface area (Å²) >= 11 is 1.72. The first-order valence-electron chi connectivity index (χ1n) is 6.38. The molecule has 0 unspecified atom stereocenters. The summed E-state index contributed by atoms with van der Waals surface area (Å²) in [5, 5.41) is 9.54. The second-order valence-electron chi connectivity index (χ2n) is 4.60. The molecule has 0 spiro atoms. The lowest BCUT2D eigenvalue weighted by Crippen LogP contribution is -2.23. The maximum absolute atomic E-state index is 11.9. The van der Waals surface area contributed by atoms with E-state index in [0.717, 1.165) is 17.1 Å². The summed E-state index contributed by atoms with van der Waals surface area (Å²) in [5.41, 5.74) is 0. The van der Waals surface area contributed by atoms with Crippen LogP contribution in [0, 0.1) is 0 Å². The number of aromatic amines is 1. The molecule has 2 rings (SSSR count). The van der Waals surface area contributed by atoms with Gasteiger partial charge < -0.3 is 5.32 Å². The van der Waals surface area contributed by atoms with Gasteiger partial charge in [-0.25, -0.2) is 4.98 Å². The molecule has 0 fully saturated rings. The van der Waals surface area contributed by atoms with E-state index in [1.54, 1.807) is 11.3 Å². The highest BCUT2D eigenvalue weighted by atomic mass is 32.1. The molecule has 5 nitrogen and oxygen atoms in total. The lowest BCUT2D eigenvalue weighted by Gasteiger charge is -1.99. The quantitative estimate of drug-likeness (QED) is 0.882. The summed E-state index contributed by atoms with van der Waals surface area (Å²) in [7, 11) is 0. The Morgan fingerprint density at radius 2 is 2.16 bits per heavy atom. The van der Waals surface area contributed by atoms with Crippen molar-refractivity contribution in [1.82, 2.24) is 20.5 Å². The molecule has 0 saturated carbocycles. The number of carbonyl (C=O) groups is 1. The molecule has 1 amide bonds. The van der Waals surface area contributed by atoms with Crippen molar-refractivity contribution < 1.29 is 4.79 Å². The van der Waals surface area contributed by atoms with E-state index in [9.17, 15) is 4.79 Å². The normalized spacial score (nSPS) is 10.9. The Balaban J connectivity index is 1.93. The fraction of sp³-hybridized carbons (Fsp3) is 0.462. The Bertz CT molecular complexity index is 558. The van der Waals surface area contributed by atoms with Gasteiger partial charge in [-0.1, -0.05) is 20.8 Å². The summed E-state index contributed by atoms with van der Waals surface area (Å²) in [6.45, 7) is 6.64. The zero-order chi connectivity index (χ0) is 13.8. The van der Waals surface area contributed by atoms with Crippen LogP contribution in [0.1, 0.15) is 52.9 Å². The molecule has 6 heteroatoms. The van der Waals surface area contributed by atoms with Crippen molar-refractivity contribution in [1.29, 1.82) is 0 Å². The number of amides is 1. The first kappa shape index (κ1) is 13.7. The van der Waals surface area contributed by atoms with Gasteiger partial charge in [-0.05, 0) is 18.6 Å². The second-order valence-corrected chi connectivity index (χ2v) is 5.86. The van der Waals surface area contributed by atoms with Crippen molar-refractivity contribution in [3.8, 4) is 0 Å². The van der Waals surface area contributed by atoms with E-state index in [4.69, 9.17) is 0 Å². The fourth-order valence-electron chi connectivity index (χ4n) is 1.59. The molecule has 2 heterocycles. The Morgan fingerprint density at radius 3 is 2.74 bits per heavy atom. The zero-order valence-electron chi connectivity index (χ0n) is 11.4. The number of H-pyrrole nitrogens is 1. The van der Waals surface area contributed by atoms with Crippen LogP contribution in [0.15, 0.2) is 12.1 Å². The minimum absolute atomic E-state index is 0.205. The fourth-order valence-corrected chi connectivity index (χ4v) is 2.49. The van der Waals surface area contributed by atoms with Crippen LogP contribution in [0.3, 0.4) is 0 Å². The third-order valence-corrected chi connectivity index (χ3v) is 3.97. The minimum atomic E-state index is -0.241. The molecule has 0 atom stereocenters. The molecule has 19 heavy (non-hydrogen) atoms. The van der Waals surface area contributed by atoms with Gasteiger partial charge in [0.15, 0.2) is 0 Å². The molecular weight excluding hydrogens is 260 g/mol. The van der Waals surface area contributed by atoms with Gasteiger partial charge >= 0.3 is 0 Å². The molecule has 0 bridgehead atoms. The summed E-state index contributed by atoms with van der Waals surface area (Å²) in [6.07, 6.45) is 1.03. The van der Waals surface area contributed by atoms with Crippen molar-refractivity contribution in [3.05, 3.63) is 33.5 Å². The van der Waals surface area contributed by atoms with Gasteiger partial charge in [0.05, 0.1) is 6.54 Å². The molecule has 2 aromatic heterocycles. The van der Waals surface area contributed by atoms with Crippen molar-refractivity contribution in [2.45, 2.75) is 39.7 Å². The van der Waals surface area contributed by atoms with Crippen LogP contribution in [-0.4, -0.2) is 21.1 Å². The summed E-state index contributed by atoms with van der Waals surface area (Å²) in [5.74, 6) is 0.929. The SMILES string of the molecule is CCc1ccc(CNC(=O)c2n[nH]c(C(C)C)n2)s1. The minimum Gasteiger partial charge on any atom is -0.344 e. The smallest absolute Gasteiger partial charge is 0.291 e. The predicted molar refractivity (Wildman–Crippen MR) is 75.3 cm³/mol. The van der Waals surface area contributed by atoms with Crippen LogP contribution in [0.5, 0.6) is 0 Å². The van der Waals surface area contributed by atoms with Crippen LogP contribution in [0.2, 0.25) is 0 Å². The zero-order valence-corrected chi connectivity index (χ0v) is 12.2. The summed E-state index contributed by atoms with van der Waals surface area (Å²) in [6, 6.07) is 4.14. The van der Waals surface area contributed by atoms with Crippen LogP contribution in [0.25, 0.3) is 0 Å². The topological polar surface area (TPSA) is 70.7 Å². The molecule has 2 N–H and O–H groups in total. The average Bonchev–Trinajstić information content (AvgIpc) is 3.04. The van der Waals surface area contributed by atoms with Gasteiger partial charge in [-0.2, -0.15) is 0 Å². The van der Waals surface area contributed by atoms with Gasteiger partial charge in [-0.15, -0.1) is 16.4 Å². The maximum Gasteiger partial charge on any atom is 0.291 e. The van der Waals surface area contributed by atoms with Crippen molar-refractivity contribution in [2.24, 2.45) is 0 Å². The van der Waals surface area contributed by atoms with E-state index in [1.807, 2.05) is 19.9 Å². The summed E-state index contributed by atoms with van der Waals surface area (Å²) < 4.78 is 0. The molecule has 0 radical (unpaired) electrons. The maximum atomic E-state index is 11.9. The number of rotatable bonds is 5. The van der Waals surface area contributed by atoms with Crippen LogP contribution in [0.4, 0.5) is 0 Å². The number of nitrogens with zero attached hydrogens (tertiary/aromatic N) is 2. The van der Waals surface area contributed by atoms with E-state index in [1.165, 1.54) is 4.88 Å². The Labute approximate surface area is 116 Å². The van der Waals surface area contributed by atoms with Gasteiger partial charge in [-0.3, -0.25) is 9.89 Å². The summed E-state index contributed by atoms with van der Waals surface area (Å²) in [4.78, 5) is 18.5. The van der Waals surface area contributed by atoms with E-state index < -0.39 is 0 Å². The highest BCUT2D eigenvalue weighted by Gasteiger charge is 2.13. The molecule has 0 aliphatic heterocycles. The van der Waals surface area contributed by atoms with E-state index in [-0.39, 0.29) is 17.6 Å². The molecule has 0 saturated heterocycles. The third kappa shape index (κ3) is 3.41. The molecule has 0 aliphatic carbocycles. The monoisotopic (exact) mass is 278 g/mol. The molecular formula is C13H18N4OS. The number of thiophene rings is 1. The molecule has 102 valence electrons. The van der Waals surface area contributed by atoms with Crippen LogP contribution in [-0.2, 0) is 13.0 Å². The number of carbonyl (C=O) groups excluding carboxylic acids is 1.